The molecule has 0 bridgehead atoms. The van der Waals surface area contributed by atoms with E-state index >= 15 is 0 Å². The highest BCUT2D eigenvalue weighted by Crippen LogP contribution is 2.43. The molecular formula is C35H37F4IO4S. The third-order valence-electron chi connectivity index (χ3n) is 8.54. The van der Waals surface area contributed by atoms with Gasteiger partial charge in [0.15, 0.2) is 0 Å². The zero-order chi connectivity index (χ0) is 32.2. The van der Waals surface area contributed by atoms with Gasteiger partial charge in [0.25, 0.3) is 0 Å². The Kier molecular flexibility index (Phi) is 10.7. The van der Waals surface area contributed by atoms with E-state index < -0.39 is 36.4 Å². The second-order valence-electron chi connectivity index (χ2n) is 11.8. The Bertz CT molecular complexity index is 1670. The van der Waals surface area contributed by atoms with Crippen molar-refractivity contribution in [3.05, 3.63) is 92.1 Å². The fraction of sp³-hybridized carbons (Fsp3) is 0.400. The SMILES string of the molecule is C=Ic1cc(C)ccc1C1=C(c2ccc(OC3CCC(CCCCF)C3)cc2)c2ccc(OS(=O)(=O)C(F)(F)F)cc2CCC1. The van der Waals surface area contributed by atoms with Crippen molar-refractivity contribution in [1.82, 2.24) is 0 Å². The number of unbranched alkanes of at least 4 members (excludes halogenated alkanes) is 1. The van der Waals surface area contributed by atoms with E-state index in [1.165, 1.54) is 15.7 Å². The van der Waals surface area contributed by atoms with Crippen molar-refractivity contribution >= 4 is 46.5 Å². The molecule has 0 aromatic heterocycles. The van der Waals surface area contributed by atoms with Crippen LogP contribution in [0.5, 0.6) is 11.5 Å². The minimum atomic E-state index is -5.79. The lowest BCUT2D eigenvalue weighted by Crippen LogP contribution is -2.28. The first-order valence-corrected chi connectivity index (χ1v) is 19.2. The van der Waals surface area contributed by atoms with E-state index in [4.69, 9.17) is 4.74 Å². The van der Waals surface area contributed by atoms with Crippen LogP contribution in [-0.4, -0.2) is 31.2 Å². The number of alkyl halides is 4. The summed E-state index contributed by atoms with van der Waals surface area (Å²) in [5, 5.41) is 0. The maximum Gasteiger partial charge on any atom is 0.534 e. The summed E-state index contributed by atoms with van der Waals surface area (Å²) in [6, 6.07) is 18.7. The largest absolute Gasteiger partial charge is 0.534 e. The highest BCUT2D eigenvalue weighted by molar-refractivity contribution is 14.2. The zero-order valence-electron chi connectivity index (χ0n) is 25.1. The number of halogens is 5. The predicted octanol–water partition coefficient (Wildman–Crippen LogP) is 9.78. The number of hydrogen-bond donors (Lipinski definition) is 0. The van der Waals surface area contributed by atoms with Crippen LogP contribution in [-0.2, 0) is 16.5 Å². The van der Waals surface area contributed by atoms with Gasteiger partial charge in [0.1, 0.15) is 11.5 Å². The molecule has 45 heavy (non-hydrogen) atoms. The predicted molar refractivity (Wildman–Crippen MR) is 180 cm³/mol. The zero-order valence-corrected chi connectivity index (χ0v) is 28.1. The molecule has 0 heterocycles. The number of hydrogen-bond acceptors (Lipinski definition) is 4. The van der Waals surface area contributed by atoms with Gasteiger partial charge >= 0.3 is 15.6 Å². The molecule has 0 aliphatic heterocycles. The quantitative estimate of drug-likeness (QED) is 0.0643. The van der Waals surface area contributed by atoms with E-state index in [9.17, 15) is 26.0 Å². The van der Waals surface area contributed by atoms with Crippen molar-refractivity contribution in [2.24, 2.45) is 5.92 Å². The van der Waals surface area contributed by atoms with Gasteiger partial charge in [-0.3, -0.25) is 4.39 Å². The third kappa shape index (κ3) is 7.99. The number of benzene rings is 3. The van der Waals surface area contributed by atoms with Crippen molar-refractivity contribution in [1.29, 1.82) is 0 Å². The number of aryl methyl sites for hydroxylation is 2. The van der Waals surface area contributed by atoms with Crippen LogP contribution in [0.3, 0.4) is 0 Å². The van der Waals surface area contributed by atoms with Crippen LogP contribution in [0.4, 0.5) is 17.6 Å². The van der Waals surface area contributed by atoms with Crippen molar-refractivity contribution in [2.45, 2.75) is 76.3 Å². The summed E-state index contributed by atoms with van der Waals surface area (Å²) < 4.78 is 91.4. The average molecular weight is 757 g/mol. The normalized spacial score (nSPS) is 18.9. The summed E-state index contributed by atoms with van der Waals surface area (Å²) in [6.45, 7) is 1.79. The summed E-state index contributed by atoms with van der Waals surface area (Å²) in [6.07, 6.45) is 7.71. The lowest BCUT2D eigenvalue weighted by molar-refractivity contribution is -0.0500. The van der Waals surface area contributed by atoms with E-state index in [0.29, 0.717) is 18.8 Å². The van der Waals surface area contributed by atoms with Crippen molar-refractivity contribution < 1.29 is 34.9 Å². The Morgan fingerprint density at radius 2 is 1.67 bits per heavy atom. The summed E-state index contributed by atoms with van der Waals surface area (Å²) in [7, 11) is -5.79. The molecule has 1 saturated carbocycles. The minimum absolute atomic E-state index is 0.127. The second-order valence-corrected chi connectivity index (χ2v) is 15.2. The van der Waals surface area contributed by atoms with Gasteiger partial charge in [-0.15, -0.1) is 0 Å². The highest BCUT2D eigenvalue weighted by Gasteiger charge is 2.48. The Morgan fingerprint density at radius 3 is 2.38 bits per heavy atom. The Balaban J connectivity index is 1.51. The Hall–Kier alpha value is -2.73. The molecule has 0 radical (unpaired) electrons. The van der Waals surface area contributed by atoms with Gasteiger partial charge in [0.2, 0.25) is 0 Å². The summed E-state index contributed by atoms with van der Waals surface area (Å²) >= 11 is -0.495. The average Bonchev–Trinajstić information content (AvgIpc) is 3.35. The van der Waals surface area contributed by atoms with Crippen LogP contribution < -0.4 is 8.92 Å². The summed E-state index contributed by atoms with van der Waals surface area (Å²) in [4.78, 5) is 0. The van der Waals surface area contributed by atoms with Gasteiger partial charge in [-0.2, -0.15) is 21.6 Å². The van der Waals surface area contributed by atoms with Crippen LogP contribution in [0.25, 0.3) is 11.1 Å². The van der Waals surface area contributed by atoms with Crippen LogP contribution >= 0.6 is 20.7 Å². The molecule has 2 aliphatic carbocycles. The van der Waals surface area contributed by atoms with Crippen LogP contribution in [0, 0.1) is 16.4 Å². The van der Waals surface area contributed by atoms with Gasteiger partial charge in [-0.1, -0.05) is 74.0 Å². The van der Waals surface area contributed by atoms with Crippen LogP contribution in [0.15, 0.2) is 60.7 Å². The van der Waals surface area contributed by atoms with Crippen molar-refractivity contribution in [3.63, 3.8) is 0 Å². The van der Waals surface area contributed by atoms with E-state index in [1.54, 1.807) is 6.07 Å². The topological polar surface area (TPSA) is 52.6 Å². The molecule has 3 aromatic carbocycles. The molecule has 0 N–H and O–H groups in total. The first kappa shape index (κ1) is 33.6. The molecule has 2 unspecified atom stereocenters. The lowest BCUT2D eigenvalue weighted by Gasteiger charge is -2.20. The fourth-order valence-corrected chi connectivity index (χ4v) is 8.46. The molecule has 0 amide bonds. The second kappa shape index (κ2) is 14.4. The van der Waals surface area contributed by atoms with Crippen molar-refractivity contribution in [3.8, 4) is 11.5 Å². The first-order valence-electron chi connectivity index (χ1n) is 15.2. The number of rotatable bonds is 11. The third-order valence-corrected chi connectivity index (χ3v) is 11.2. The molecule has 5 rings (SSSR count). The van der Waals surface area contributed by atoms with Crippen LogP contribution in [0.2, 0.25) is 0 Å². The monoisotopic (exact) mass is 756 g/mol. The summed E-state index contributed by atoms with van der Waals surface area (Å²) in [5.41, 5.74) is 1.32. The molecule has 2 aliphatic rings. The van der Waals surface area contributed by atoms with E-state index in [0.717, 1.165) is 89.7 Å². The molecule has 4 nitrogen and oxygen atoms in total. The van der Waals surface area contributed by atoms with Gasteiger partial charge in [0, 0.05) is 3.57 Å². The maximum absolute atomic E-state index is 13.0. The van der Waals surface area contributed by atoms with E-state index in [2.05, 4.69) is 33.8 Å². The van der Waals surface area contributed by atoms with E-state index in [1.807, 2.05) is 24.3 Å². The van der Waals surface area contributed by atoms with Gasteiger partial charge < -0.3 is 8.92 Å². The highest BCUT2D eigenvalue weighted by atomic mass is 127. The molecule has 10 heteroatoms. The van der Waals surface area contributed by atoms with Gasteiger partial charge in [-0.25, -0.2) is 0 Å². The van der Waals surface area contributed by atoms with Gasteiger partial charge in [0.05, 0.1) is 12.8 Å². The van der Waals surface area contributed by atoms with Gasteiger partial charge in [-0.05, 0) is 122 Å². The Labute approximate surface area is 272 Å². The molecule has 1 fully saturated rings. The number of fused-ring (bicyclic) bond motifs is 1. The molecule has 2 atom stereocenters. The lowest BCUT2D eigenvalue weighted by atomic mass is 9.87. The minimum Gasteiger partial charge on any atom is -0.490 e. The van der Waals surface area contributed by atoms with Crippen LogP contribution in [0.1, 0.15) is 79.2 Å². The summed E-state index contributed by atoms with van der Waals surface area (Å²) in [5.74, 6) is 0.970. The Morgan fingerprint density at radius 1 is 0.933 bits per heavy atom. The molecule has 0 spiro atoms. The fourth-order valence-electron chi connectivity index (χ4n) is 6.38. The molecular weight excluding hydrogens is 719 g/mol. The maximum atomic E-state index is 13.0. The standard InChI is InChI=1S/C35H37F4IO4S/c1-23-9-17-31(33(20-23)40-2)32-8-5-7-26-22-29(44-45(41,42)35(37,38)39)16-18-30(26)34(32)25-11-14-27(15-12-25)43-28-13-10-24(21-28)6-3-4-19-36/h9,11-12,14-18,20,22,24,28H,2-8,10,13,19,21H2,1H3. The molecule has 3 aromatic rings. The number of ether oxygens (including phenoxy) is 1. The van der Waals surface area contributed by atoms with E-state index in [-0.39, 0.29) is 18.5 Å². The smallest absolute Gasteiger partial charge is 0.490 e. The van der Waals surface area contributed by atoms with Crippen molar-refractivity contribution in [2.75, 3.05) is 6.67 Å². The molecule has 242 valence electrons. The number of allylic oxidation sites excluding steroid dienone is 1. The molecule has 0 saturated heterocycles. The first-order chi connectivity index (χ1) is 21.5.